The summed E-state index contributed by atoms with van der Waals surface area (Å²) in [6, 6.07) is 0. The molecule has 0 fully saturated rings. The van der Waals surface area contributed by atoms with Gasteiger partial charge in [0.25, 0.3) is 0 Å². The third-order valence-corrected chi connectivity index (χ3v) is 3.24. The molecule has 21 heavy (non-hydrogen) atoms. The normalized spacial score (nSPS) is 11.8. The van der Waals surface area contributed by atoms with Crippen LogP contribution in [0, 0.1) is 0 Å². The van der Waals surface area contributed by atoms with E-state index in [4.69, 9.17) is 0 Å². The summed E-state index contributed by atoms with van der Waals surface area (Å²) in [5.41, 5.74) is 0.365. The lowest BCUT2D eigenvalue weighted by Crippen LogP contribution is -2.39. The third kappa shape index (κ3) is 5.16. The molecule has 0 aliphatic carbocycles. The van der Waals surface area contributed by atoms with Gasteiger partial charge < -0.3 is 15.3 Å². The maximum absolute atomic E-state index is 10.1. The summed E-state index contributed by atoms with van der Waals surface area (Å²) in [6.45, 7) is 14.4. The molecule has 120 valence electrons. The van der Waals surface area contributed by atoms with E-state index in [1.807, 2.05) is 13.8 Å². The number of likely N-dealkylation sites (N-methyl/N-ethyl adjacent to an activating group) is 1. The van der Waals surface area contributed by atoms with Crippen molar-refractivity contribution in [3.8, 4) is 0 Å². The van der Waals surface area contributed by atoms with Gasteiger partial charge in [-0.2, -0.15) is 0 Å². The molecule has 0 unspecified atom stereocenters. The van der Waals surface area contributed by atoms with E-state index in [1.165, 1.54) is 0 Å². The number of nitrogens with one attached hydrogen (secondary N) is 1. The SMILES string of the molecule is CCCNc1ncnc(N(CC)CC(C)(C)O)c1C(C)C. The largest absolute Gasteiger partial charge is 0.389 e. The van der Waals surface area contributed by atoms with Gasteiger partial charge in [0, 0.05) is 25.2 Å². The summed E-state index contributed by atoms with van der Waals surface area (Å²) >= 11 is 0. The fourth-order valence-electron chi connectivity index (χ4n) is 2.36. The van der Waals surface area contributed by atoms with Crippen LogP contribution in [0.2, 0.25) is 0 Å². The van der Waals surface area contributed by atoms with Gasteiger partial charge in [-0.3, -0.25) is 0 Å². The van der Waals surface area contributed by atoms with Gasteiger partial charge in [0.1, 0.15) is 18.0 Å². The van der Waals surface area contributed by atoms with E-state index in [-0.39, 0.29) is 0 Å². The van der Waals surface area contributed by atoms with Crippen molar-refractivity contribution >= 4 is 11.6 Å². The fraction of sp³-hybridized carbons (Fsp3) is 0.750. The molecule has 0 aromatic carbocycles. The minimum Gasteiger partial charge on any atom is -0.389 e. The Hall–Kier alpha value is -1.36. The summed E-state index contributed by atoms with van der Waals surface area (Å²) in [5, 5.41) is 13.5. The van der Waals surface area contributed by atoms with Gasteiger partial charge in [-0.1, -0.05) is 20.8 Å². The molecule has 0 aliphatic heterocycles. The van der Waals surface area contributed by atoms with Crippen molar-refractivity contribution in [3.63, 3.8) is 0 Å². The van der Waals surface area contributed by atoms with Gasteiger partial charge >= 0.3 is 0 Å². The van der Waals surface area contributed by atoms with Crippen LogP contribution >= 0.6 is 0 Å². The lowest BCUT2D eigenvalue weighted by Gasteiger charge is -2.31. The van der Waals surface area contributed by atoms with Crippen molar-refractivity contribution in [3.05, 3.63) is 11.9 Å². The number of hydrogen-bond donors (Lipinski definition) is 2. The highest BCUT2D eigenvalue weighted by Crippen LogP contribution is 2.31. The first-order chi connectivity index (χ1) is 9.80. The highest BCUT2D eigenvalue weighted by Gasteiger charge is 2.23. The van der Waals surface area contributed by atoms with Gasteiger partial charge in [0.15, 0.2) is 0 Å². The summed E-state index contributed by atoms with van der Waals surface area (Å²) in [5.74, 6) is 2.14. The van der Waals surface area contributed by atoms with Crippen LogP contribution in [-0.2, 0) is 0 Å². The average Bonchev–Trinajstić information content (AvgIpc) is 2.40. The lowest BCUT2D eigenvalue weighted by atomic mass is 10.0. The molecule has 1 heterocycles. The summed E-state index contributed by atoms with van der Waals surface area (Å²) in [6.07, 6.45) is 2.66. The maximum atomic E-state index is 10.1. The van der Waals surface area contributed by atoms with Crippen LogP contribution in [0.1, 0.15) is 59.4 Å². The molecule has 0 radical (unpaired) electrons. The minimum atomic E-state index is -0.758. The van der Waals surface area contributed by atoms with Crippen LogP contribution in [0.5, 0.6) is 0 Å². The monoisotopic (exact) mass is 294 g/mol. The molecule has 1 rings (SSSR count). The number of rotatable bonds is 8. The molecule has 0 atom stereocenters. The van der Waals surface area contributed by atoms with Crippen molar-refractivity contribution in [2.45, 2.75) is 59.5 Å². The van der Waals surface area contributed by atoms with E-state index in [9.17, 15) is 5.11 Å². The van der Waals surface area contributed by atoms with E-state index in [2.05, 4.69) is 47.9 Å². The average molecular weight is 294 g/mol. The van der Waals surface area contributed by atoms with Crippen LogP contribution in [0.3, 0.4) is 0 Å². The van der Waals surface area contributed by atoms with Crippen molar-refractivity contribution < 1.29 is 5.11 Å². The topological polar surface area (TPSA) is 61.3 Å². The second-order valence-electron chi connectivity index (χ2n) is 6.37. The molecule has 1 aromatic rings. The van der Waals surface area contributed by atoms with Gasteiger partial charge in [-0.25, -0.2) is 9.97 Å². The lowest BCUT2D eigenvalue weighted by molar-refractivity contribution is 0.0873. The van der Waals surface area contributed by atoms with Crippen molar-refractivity contribution in [1.29, 1.82) is 0 Å². The van der Waals surface area contributed by atoms with Gasteiger partial charge in [0.05, 0.1) is 5.60 Å². The van der Waals surface area contributed by atoms with Crippen molar-refractivity contribution in [1.82, 2.24) is 9.97 Å². The van der Waals surface area contributed by atoms with Crippen molar-refractivity contribution in [2.75, 3.05) is 29.9 Å². The first-order valence-electron chi connectivity index (χ1n) is 7.86. The number of aromatic nitrogens is 2. The Morgan fingerprint density at radius 1 is 1.29 bits per heavy atom. The van der Waals surface area contributed by atoms with Gasteiger partial charge in [0.2, 0.25) is 0 Å². The number of aliphatic hydroxyl groups is 1. The molecule has 0 saturated carbocycles. The van der Waals surface area contributed by atoms with Crippen LogP contribution in [-0.4, -0.2) is 40.3 Å². The second-order valence-corrected chi connectivity index (χ2v) is 6.37. The molecule has 0 amide bonds. The van der Waals surface area contributed by atoms with Crippen LogP contribution in [0.25, 0.3) is 0 Å². The van der Waals surface area contributed by atoms with E-state index < -0.39 is 5.60 Å². The molecule has 5 heteroatoms. The molecule has 5 nitrogen and oxygen atoms in total. The Morgan fingerprint density at radius 2 is 1.95 bits per heavy atom. The Labute approximate surface area is 128 Å². The van der Waals surface area contributed by atoms with E-state index in [1.54, 1.807) is 6.33 Å². The number of nitrogens with zero attached hydrogens (tertiary/aromatic N) is 3. The smallest absolute Gasteiger partial charge is 0.137 e. The van der Waals surface area contributed by atoms with Crippen LogP contribution < -0.4 is 10.2 Å². The zero-order chi connectivity index (χ0) is 16.0. The predicted molar refractivity (Wildman–Crippen MR) is 89.1 cm³/mol. The molecular formula is C16H30N4O. The fourth-order valence-corrected chi connectivity index (χ4v) is 2.36. The molecular weight excluding hydrogens is 264 g/mol. The zero-order valence-electron chi connectivity index (χ0n) is 14.3. The maximum Gasteiger partial charge on any atom is 0.137 e. The third-order valence-electron chi connectivity index (χ3n) is 3.24. The molecule has 2 N–H and O–H groups in total. The summed E-state index contributed by atoms with van der Waals surface area (Å²) in [4.78, 5) is 11.0. The molecule has 0 spiro atoms. The molecule has 1 aromatic heterocycles. The second kappa shape index (κ2) is 7.59. The highest BCUT2D eigenvalue weighted by molar-refractivity contribution is 5.60. The first kappa shape index (κ1) is 17.7. The van der Waals surface area contributed by atoms with Crippen LogP contribution in [0.15, 0.2) is 6.33 Å². The Kier molecular flexibility index (Phi) is 6.40. The molecule has 0 bridgehead atoms. The highest BCUT2D eigenvalue weighted by atomic mass is 16.3. The minimum absolute atomic E-state index is 0.316. The summed E-state index contributed by atoms with van der Waals surface area (Å²) in [7, 11) is 0. The molecule has 0 aliphatic rings. The van der Waals surface area contributed by atoms with E-state index in [0.29, 0.717) is 12.5 Å². The number of anilines is 2. The Morgan fingerprint density at radius 3 is 2.43 bits per heavy atom. The predicted octanol–water partition coefficient (Wildman–Crippen LogP) is 3.02. The molecule has 0 saturated heterocycles. The Bertz CT molecular complexity index is 440. The summed E-state index contributed by atoms with van der Waals surface area (Å²) < 4.78 is 0. The standard InChI is InChI=1S/C16H30N4O/c1-7-9-17-14-13(12(3)4)15(19-11-18-14)20(8-2)10-16(5,6)21/h11-12,21H,7-10H2,1-6H3,(H,17,18,19). The zero-order valence-corrected chi connectivity index (χ0v) is 14.3. The van der Waals surface area contributed by atoms with Crippen LogP contribution in [0.4, 0.5) is 11.6 Å². The van der Waals surface area contributed by atoms with E-state index in [0.717, 1.165) is 36.7 Å². The van der Waals surface area contributed by atoms with Gasteiger partial charge in [-0.15, -0.1) is 0 Å². The van der Waals surface area contributed by atoms with Gasteiger partial charge in [-0.05, 0) is 33.1 Å². The van der Waals surface area contributed by atoms with Crippen molar-refractivity contribution in [2.24, 2.45) is 0 Å². The number of hydrogen-bond acceptors (Lipinski definition) is 5. The first-order valence-corrected chi connectivity index (χ1v) is 7.86. The quantitative estimate of drug-likeness (QED) is 0.771. The Balaban J connectivity index is 3.20. The van der Waals surface area contributed by atoms with E-state index >= 15 is 0 Å².